The highest BCUT2D eigenvalue weighted by molar-refractivity contribution is 7.90. The molecule has 1 heterocycles. The van der Waals surface area contributed by atoms with Crippen LogP contribution >= 0.6 is 0 Å². The van der Waals surface area contributed by atoms with Crippen molar-refractivity contribution in [3.63, 3.8) is 0 Å². The van der Waals surface area contributed by atoms with E-state index in [1.807, 2.05) is 6.08 Å². The van der Waals surface area contributed by atoms with Crippen LogP contribution in [0, 0.1) is 17.8 Å². The second-order valence-corrected chi connectivity index (χ2v) is 9.02. The fraction of sp³-hybridized carbons (Fsp3) is 0.824. The van der Waals surface area contributed by atoms with Crippen LogP contribution in [-0.4, -0.2) is 30.4 Å². The standard InChI is InChI=1S/C17H27NO3S/c1-2-3-4-5-6-7-12-18-17(19)15-13-8-10-14(11-9-13)16(15)22(18,20)21/h8,10,13-16H,2-7,9,11-12H2,1H3/t13-,14+,15-,16+/m0/s1. The minimum Gasteiger partial charge on any atom is -0.273 e. The summed E-state index contributed by atoms with van der Waals surface area (Å²) in [6, 6.07) is 0. The van der Waals surface area contributed by atoms with Gasteiger partial charge in [-0.3, -0.25) is 4.79 Å². The number of nitrogens with zero attached hydrogens (tertiary/aromatic N) is 1. The van der Waals surface area contributed by atoms with Crippen molar-refractivity contribution in [1.82, 2.24) is 4.31 Å². The van der Waals surface area contributed by atoms with Crippen LogP contribution in [0.25, 0.3) is 0 Å². The van der Waals surface area contributed by atoms with Crippen LogP contribution in [0.5, 0.6) is 0 Å². The Kier molecular flexibility index (Phi) is 4.62. The lowest BCUT2D eigenvalue weighted by atomic mass is 9.68. The third-order valence-electron chi connectivity index (χ3n) is 5.57. The second-order valence-electron chi connectivity index (χ2n) is 7.00. The average molecular weight is 325 g/mol. The molecule has 4 atom stereocenters. The number of sulfonamides is 1. The van der Waals surface area contributed by atoms with Crippen molar-refractivity contribution >= 4 is 15.9 Å². The van der Waals surface area contributed by atoms with Crippen molar-refractivity contribution in [2.24, 2.45) is 17.8 Å². The van der Waals surface area contributed by atoms with E-state index in [0.29, 0.717) is 6.54 Å². The van der Waals surface area contributed by atoms with Crippen LogP contribution in [-0.2, 0) is 14.8 Å². The molecule has 4 rings (SSSR count). The van der Waals surface area contributed by atoms with Gasteiger partial charge in [-0.25, -0.2) is 12.7 Å². The molecule has 4 aliphatic rings. The predicted octanol–water partition coefficient (Wildman–Crippen LogP) is 3.10. The Morgan fingerprint density at radius 2 is 1.68 bits per heavy atom. The van der Waals surface area contributed by atoms with Crippen molar-refractivity contribution in [1.29, 1.82) is 0 Å². The van der Waals surface area contributed by atoms with Crippen LogP contribution in [0.2, 0.25) is 0 Å². The van der Waals surface area contributed by atoms with Gasteiger partial charge in [0.2, 0.25) is 15.9 Å². The van der Waals surface area contributed by atoms with Gasteiger partial charge in [-0.2, -0.15) is 0 Å². The normalized spacial score (nSPS) is 35.1. The largest absolute Gasteiger partial charge is 0.273 e. The molecule has 0 radical (unpaired) electrons. The first-order valence-electron chi connectivity index (χ1n) is 8.81. The first-order chi connectivity index (χ1) is 10.6. The van der Waals surface area contributed by atoms with Gasteiger partial charge in [0.1, 0.15) is 0 Å². The molecule has 1 saturated carbocycles. The maximum Gasteiger partial charge on any atom is 0.241 e. The van der Waals surface area contributed by atoms with E-state index in [1.165, 1.54) is 23.6 Å². The average Bonchev–Trinajstić information content (AvgIpc) is 2.74. The Morgan fingerprint density at radius 3 is 2.32 bits per heavy atom. The highest BCUT2D eigenvalue weighted by Gasteiger charge is 2.59. The van der Waals surface area contributed by atoms with Gasteiger partial charge < -0.3 is 0 Å². The molecule has 2 bridgehead atoms. The number of rotatable bonds is 7. The fourth-order valence-electron chi connectivity index (χ4n) is 4.39. The third kappa shape index (κ3) is 2.61. The molecule has 22 heavy (non-hydrogen) atoms. The van der Waals surface area contributed by atoms with E-state index in [4.69, 9.17) is 0 Å². The van der Waals surface area contributed by atoms with Crippen LogP contribution in [0.4, 0.5) is 0 Å². The Hall–Kier alpha value is -0.840. The molecule has 2 fully saturated rings. The van der Waals surface area contributed by atoms with Gasteiger partial charge in [0.15, 0.2) is 0 Å². The number of unbranched alkanes of at least 4 members (excludes halogenated alkanes) is 5. The molecule has 0 aromatic heterocycles. The molecule has 0 unspecified atom stereocenters. The Bertz CT molecular complexity index is 554. The van der Waals surface area contributed by atoms with Gasteiger partial charge in [-0.1, -0.05) is 51.2 Å². The van der Waals surface area contributed by atoms with Gasteiger partial charge >= 0.3 is 0 Å². The summed E-state index contributed by atoms with van der Waals surface area (Å²) in [6.45, 7) is 2.57. The Morgan fingerprint density at radius 1 is 1.05 bits per heavy atom. The topological polar surface area (TPSA) is 54.5 Å². The number of carbonyl (C=O) groups is 1. The smallest absolute Gasteiger partial charge is 0.241 e. The zero-order valence-corrected chi connectivity index (χ0v) is 14.2. The molecule has 0 aromatic rings. The number of amides is 1. The molecular formula is C17H27NO3S. The fourth-order valence-corrected chi connectivity index (χ4v) is 6.79. The molecule has 3 aliphatic carbocycles. The van der Waals surface area contributed by atoms with E-state index < -0.39 is 15.3 Å². The molecule has 0 N–H and O–H groups in total. The lowest BCUT2D eigenvalue weighted by molar-refractivity contribution is -0.131. The molecule has 1 saturated heterocycles. The molecular weight excluding hydrogens is 298 g/mol. The van der Waals surface area contributed by atoms with E-state index in [1.54, 1.807) is 0 Å². The quantitative estimate of drug-likeness (QED) is 0.534. The van der Waals surface area contributed by atoms with E-state index in [2.05, 4.69) is 13.0 Å². The Balaban J connectivity index is 1.63. The van der Waals surface area contributed by atoms with Gasteiger partial charge in [0, 0.05) is 6.54 Å². The van der Waals surface area contributed by atoms with Crippen molar-refractivity contribution in [2.45, 2.75) is 63.5 Å². The SMILES string of the molecule is CCCCCCCCN1C(=O)[C@@H]2[C@@H]([C@@H]3C=C[C@H]2CC3)S1(=O)=O. The number of hydrogen-bond donors (Lipinski definition) is 0. The van der Waals surface area contributed by atoms with Crippen LogP contribution in [0.3, 0.4) is 0 Å². The van der Waals surface area contributed by atoms with E-state index in [9.17, 15) is 13.2 Å². The summed E-state index contributed by atoms with van der Waals surface area (Å²) in [6.07, 6.45) is 12.6. The summed E-state index contributed by atoms with van der Waals surface area (Å²) >= 11 is 0. The summed E-state index contributed by atoms with van der Waals surface area (Å²) in [5, 5.41) is -0.469. The van der Waals surface area contributed by atoms with Crippen LogP contribution in [0.15, 0.2) is 12.2 Å². The van der Waals surface area contributed by atoms with Crippen LogP contribution < -0.4 is 0 Å². The second kappa shape index (κ2) is 6.34. The maximum atomic E-state index is 12.8. The molecule has 0 spiro atoms. The summed E-state index contributed by atoms with van der Waals surface area (Å²) in [5.74, 6) is -0.225. The predicted molar refractivity (Wildman–Crippen MR) is 86.6 cm³/mol. The van der Waals surface area contributed by atoms with Crippen molar-refractivity contribution in [2.75, 3.05) is 6.54 Å². The van der Waals surface area contributed by atoms with Crippen LogP contribution in [0.1, 0.15) is 58.3 Å². The first-order valence-corrected chi connectivity index (χ1v) is 10.3. The van der Waals surface area contributed by atoms with E-state index in [-0.39, 0.29) is 23.7 Å². The van der Waals surface area contributed by atoms with Gasteiger partial charge in [-0.15, -0.1) is 0 Å². The van der Waals surface area contributed by atoms with Crippen molar-refractivity contribution < 1.29 is 13.2 Å². The number of allylic oxidation sites excluding steroid dienone is 2. The lowest BCUT2D eigenvalue weighted by Gasteiger charge is -2.37. The van der Waals surface area contributed by atoms with E-state index >= 15 is 0 Å². The summed E-state index contributed by atoms with van der Waals surface area (Å²) < 4.78 is 26.8. The molecule has 1 amide bonds. The Labute approximate surface area is 134 Å². The molecule has 5 heteroatoms. The summed E-state index contributed by atoms with van der Waals surface area (Å²) in [5.41, 5.74) is 0. The highest BCUT2D eigenvalue weighted by atomic mass is 32.2. The van der Waals surface area contributed by atoms with Crippen molar-refractivity contribution in [3.8, 4) is 0 Å². The first kappa shape index (κ1) is 16.0. The molecule has 0 aromatic carbocycles. The zero-order valence-electron chi connectivity index (χ0n) is 13.4. The zero-order chi connectivity index (χ0) is 15.7. The minimum atomic E-state index is -3.43. The number of carbonyl (C=O) groups excluding carboxylic acids is 1. The summed E-state index contributed by atoms with van der Waals surface area (Å²) in [4.78, 5) is 12.6. The maximum absolute atomic E-state index is 12.8. The van der Waals surface area contributed by atoms with E-state index in [0.717, 1.165) is 32.1 Å². The minimum absolute atomic E-state index is 0.0542. The monoisotopic (exact) mass is 325 g/mol. The molecule has 1 aliphatic heterocycles. The molecule has 124 valence electrons. The third-order valence-corrected chi connectivity index (χ3v) is 7.88. The number of hydrogen-bond acceptors (Lipinski definition) is 3. The molecule has 4 nitrogen and oxygen atoms in total. The van der Waals surface area contributed by atoms with Gasteiger partial charge in [0.05, 0.1) is 11.2 Å². The van der Waals surface area contributed by atoms with Crippen molar-refractivity contribution in [3.05, 3.63) is 12.2 Å². The van der Waals surface area contributed by atoms with Gasteiger partial charge in [-0.05, 0) is 31.1 Å². The highest BCUT2D eigenvalue weighted by Crippen LogP contribution is 2.49. The number of fused-ring (bicyclic) bond motifs is 1. The lowest BCUT2D eigenvalue weighted by Crippen LogP contribution is -2.42. The summed E-state index contributed by atoms with van der Waals surface area (Å²) in [7, 11) is -3.43. The van der Waals surface area contributed by atoms with Gasteiger partial charge in [0.25, 0.3) is 0 Å².